The van der Waals surface area contributed by atoms with Crippen molar-refractivity contribution in [1.29, 1.82) is 0 Å². The highest BCUT2D eigenvalue weighted by molar-refractivity contribution is 14.1. The Balaban J connectivity index is 2.41. The van der Waals surface area contributed by atoms with Crippen molar-refractivity contribution in [2.45, 2.75) is 25.8 Å². The third-order valence-electron chi connectivity index (χ3n) is 3.26. The summed E-state index contributed by atoms with van der Waals surface area (Å²) in [5.74, 6) is 5.81. The summed E-state index contributed by atoms with van der Waals surface area (Å²) >= 11 is 5.94. The van der Waals surface area contributed by atoms with Crippen LogP contribution in [0.25, 0.3) is 0 Å². The lowest BCUT2D eigenvalue weighted by Crippen LogP contribution is -2.29. The van der Waals surface area contributed by atoms with E-state index in [4.69, 9.17) is 5.84 Å². The lowest BCUT2D eigenvalue weighted by atomic mass is 9.96. The van der Waals surface area contributed by atoms with Gasteiger partial charge in [0.15, 0.2) is 0 Å². The minimum absolute atomic E-state index is 0.00380. The van der Waals surface area contributed by atoms with Crippen LogP contribution in [0.3, 0.4) is 0 Å². The summed E-state index contributed by atoms with van der Waals surface area (Å²) in [5, 5.41) is 0. The van der Waals surface area contributed by atoms with E-state index in [-0.39, 0.29) is 6.04 Å². The smallest absolute Gasteiger partial charge is 0.0721 e. The monoisotopic (exact) mass is 444 g/mol. The number of hydrazine groups is 1. The molecule has 2 nitrogen and oxygen atoms in total. The highest BCUT2D eigenvalue weighted by Gasteiger charge is 2.16. The number of benzene rings is 2. The van der Waals surface area contributed by atoms with Crippen LogP contribution in [-0.2, 0) is 6.42 Å². The van der Waals surface area contributed by atoms with Crippen LogP contribution < -0.4 is 11.3 Å². The van der Waals surface area contributed by atoms with Gasteiger partial charge in [0.1, 0.15) is 0 Å². The molecule has 0 aliphatic heterocycles. The minimum atomic E-state index is -0.00380. The van der Waals surface area contributed by atoms with Gasteiger partial charge in [0, 0.05) is 8.04 Å². The molecular weight excluding hydrogens is 427 g/mol. The fourth-order valence-electron chi connectivity index (χ4n) is 2.32. The summed E-state index contributed by atoms with van der Waals surface area (Å²) in [4.78, 5) is 0. The lowest BCUT2D eigenvalue weighted by molar-refractivity contribution is 0.633. The van der Waals surface area contributed by atoms with E-state index in [1.54, 1.807) is 0 Å². The predicted octanol–water partition coefficient (Wildman–Crippen LogP) is 4.56. The molecule has 0 bridgehead atoms. The summed E-state index contributed by atoms with van der Waals surface area (Å²) in [6.45, 7) is 2.20. The van der Waals surface area contributed by atoms with E-state index >= 15 is 0 Å². The molecule has 0 saturated heterocycles. The van der Waals surface area contributed by atoms with Crippen LogP contribution in [0.2, 0.25) is 0 Å². The van der Waals surface area contributed by atoms with Gasteiger partial charge in [-0.25, -0.2) is 5.43 Å². The Morgan fingerprint density at radius 3 is 2.75 bits per heavy atom. The van der Waals surface area contributed by atoms with Crippen molar-refractivity contribution in [2.75, 3.05) is 0 Å². The van der Waals surface area contributed by atoms with Crippen molar-refractivity contribution in [3.8, 4) is 0 Å². The molecule has 2 rings (SSSR count). The fourth-order valence-corrected chi connectivity index (χ4v) is 3.31. The van der Waals surface area contributed by atoms with E-state index in [9.17, 15) is 0 Å². The first-order valence-electron chi connectivity index (χ1n) is 6.65. The molecular formula is C16H18BrIN2. The zero-order chi connectivity index (χ0) is 14.5. The van der Waals surface area contributed by atoms with E-state index in [0.717, 1.165) is 22.9 Å². The SMILES string of the molecule is CCCc1cccc(C(NN)c2cc(I)ccc2Br)c1. The molecule has 2 aromatic rings. The van der Waals surface area contributed by atoms with Gasteiger partial charge < -0.3 is 0 Å². The molecule has 20 heavy (non-hydrogen) atoms. The van der Waals surface area contributed by atoms with Gasteiger partial charge in [0.25, 0.3) is 0 Å². The number of nitrogens with one attached hydrogen (secondary N) is 1. The molecule has 0 heterocycles. The minimum Gasteiger partial charge on any atom is -0.271 e. The van der Waals surface area contributed by atoms with Gasteiger partial charge in [-0.1, -0.05) is 53.5 Å². The van der Waals surface area contributed by atoms with Crippen LogP contribution in [0.15, 0.2) is 46.9 Å². The summed E-state index contributed by atoms with van der Waals surface area (Å²) in [7, 11) is 0. The number of rotatable bonds is 5. The largest absolute Gasteiger partial charge is 0.271 e. The Morgan fingerprint density at radius 2 is 2.05 bits per heavy atom. The molecule has 0 aliphatic carbocycles. The summed E-state index contributed by atoms with van der Waals surface area (Å²) in [6, 6.07) is 14.9. The Hall–Kier alpha value is -0.430. The average molecular weight is 445 g/mol. The Morgan fingerprint density at radius 1 is 1.25 bits per heavy atom. The van der Waals surface area contributed by atoms with Crippen LogP contribution in [0.1, 0.15) is 36.1 Å². The van der Waals surface area contributed by atoms with Gasteiger partial charge in [-0.05, 0) is 63.9 Å². The second-order valence-corrected chi connectivity index (χ2v) is 6.86. The number of hydrogen-bond acceptors (Lipinski definition) is 2. The van der Waals surface area contributed by atoms with Gasteiger partial charge in [-0.3, -0.25) is 5.84 Å². The van der Waals surface area contributed by atoms with Crippen LogP contribution in [-0.4, -0.2) is 0 Å². The lowest BCUT2D eigenvalue weighted by Gasteiger charge is -2.19. The molecule has 0 saturated carbocycles. The van der Waals surface area contributed by atoms with Crippen LogP contribution in [0, 0.1) is 3.57 Å². The molecule has 106 valence electrons. The maximum atomic E-state index is 5.81. The highest BCUT2D eigenvalue weighted by atomic mass is 127. The highest BCUT2D eigenvalue weighted by Crippen LogP contribution is 2.30. The summed E-state index contributed by atoms with van der Waals surface area (Å²) in [5.41, 5.74) is 6.65. The van der Waals surface area contributed by atoms with Crippen molar-refractivity contribution in [3.63, 3.8) is 0 Å². The zero-order valence-corrected chi connectivity index (χ0v) is 15.1. The number of hydrogen-bond donors (Lipinski definition) is 2. The topological polar surface area (TPSA) is 38.0 Å². The molecule has 2 aromatic carbocycles. The molecule has 0 fully saturated rings. The van der Waals surface area contributed by atoms with Gasteiger partial charge in [-0.15, -0.1) is 0 Å². The number of halogens is 2. The van der Waals surface area contributed by atoms with Crippen molar-refractivity contribution in [2.24, 2.45) is 5.84 Å². The molecule has 3 N–H and O–H groups in total. The molecule has 4 heteroatoms. The second-order valence-electron chi connectivity index (χ2n) is 4.76. The van der Waals surface area contributed by atoms with Crippen molar-refractivity contribution in [1.82, 2.24) is 5.43 Å². The third-order valence-corrected chi connectivity index (χ3v) is 4.65. The predicted molar refractivity (Wildman–Crippen MR) is 96.5 cm³/mol. The molecule has 0 aromatic heterocycles. The van der Waals surface area contributed by atoms with E-state index in [1.807, 2.05) is 0 Å². The fraction of sp³-hybridized carbons (Fsp3) is 0.250. The van der Waals surface area contributed by atoms with Crippen LogP contribution >= 0.6 is 38.5 Å². The van der Waals surface area contributed by atoms with E-state index < -0.39 is 0 Å². The Labute approximate surface area is 142 Å². The quantitative estimate of drug-likeness (QED) is 0.403. The van der Waals surface area contributed by atoms with Gasteiger partial charge >= 0.3 is 0 Å². The Kier molecular flexibility index (Phi) is 6.01. The molecule has 0 amide bonds. The summed E-state index contributed by atoms with van der Waals surface area (Å²) < 4.78 is 2.27. The zero-order valence-electron chi connectivity index (χ0n) is 11.4. The first-order valence-corrected chi connectivity index (χ1v) is 8.52. The van der Waals surface area contributed by atoms with Gasteiger partial charge in [0.05, 0.1) is 6.04 Å². The molecule has 1 atom stereocenters. The van der Waals surface area contributed by atoms with Crippen molar-refractivity contribution >= 4 is 38.5 Å². The normalized spacial score (nSPS) is 12.4. The summed E-state index contributed by atoms with van der Waals surface area (Å²) in [6.07, 6.45) is 2.25. The first kappa shape index (κ1) is 15.9. The maximum absolute atomic E-state index is 5.81. The van der Waals surface area contributed by atoms with E-state index in [0.29, 0.717) is 0 Å². The Bertz CT molecular complexity index is 586. The second kappa shape index (κ2) is 7.54. The molecule has 0 radical (unpaired) electrons. The van der Waals surface area contributed by atoms with Gasteiger partial charge in [0.2, 0.25) is 0 Å². The molecule has 1 unspecified atom stereocenters. The van der Waals surface area contributed by atoms with Gasteiger partial charge in [-0.2, -0.15) is 0 Å². The van der Waals surface area contributed by atoms with Crippen LogP contribution in [0.5, 0.6) is 0 Å². The van der Waals surface area contributed by atoms with Crippen molar-refractivity contribution < 1.29 is 0 Å². The van der Waals surface area contributed by atoms with Crippen LogP contribution in [0.4, 0.5) is 0 Å². The van der Waals surface area contributed by atoms with Crippen molar-refractivity contribution in [3.05, 3.63) is 67.2 Å². The molecule has 0 spiro atoms. The maximum Gasteiger partial charge on any atom is 0.0721 e. The number of nitrogens with two attached hydrogens (primary N) is 1. The first-order chi connectivity index (χ1) is 9.65. The third kappa shape index (κ3) is 3.81. The van der Waals surface area contributed by atoms with E-state index in [2.05, 4.69) is 93.3 Å². The number of aryl methyl sites for hydroxylation is 1. The standard InChI is InChI=1S/C16H18BrIN2/c1-2-4-11-5-3-6-12(9-11)16(20-19)14-10-13(18)7-8-15(14)17/h3,5-10,16,20H,2,4,19H2,1H3. The van der Waals surface area contributed by atoms with E-state index in [1.165, 1.54) is 14.7 Å². The average Bonchev–Trinajstić information content (AvgIpc) is 2.44. The molecule has 0 aliphatic rings.